The monoisotopic (exact) mass is 184 g/mol. The first-order chi connectivity index (χ1) is 6.13. The zero-order valence-corrected chi connectivity index (χ0v) is 9.29. The van der Waals surface area contributed by atoms with E-state index in [0.717, 1.165) is 18.4 Å². The maximum atomic E-state index is 6.01. The van der Waals surface area contributed by atoms with E-state index in [1.807, 2.05) is 0 Å². The fourth-order valence-corrected chi connectivity index (χ4v) is 2.19. The molecule has 78 valence electrons. The average Bonchev–Trinajstić information content (AvgIpc) is 2.31. The lowest BCUT2D eigenvalue weighted by Crippen LogP contribution is -2.36. The predicted molar refractivity (Wildman–Crippen MR) is 57.7 cm³/mol. The lowest BCUT2D eigenvalue weighted by Gasteiger charge is -2.20. The Morgan fingerprint density at radius 3 is 2.31 bits per heavy atom. The Hall–Kier alpha value is -0.0800. The van der Waals surface area contributed by atoms with Crippen molar-refractivity contribution in [2.75, 3.05) is 19.6 Å². The van der Waals surface area contributed by atoms with Gasteiger partial charge in [-0.3, -0.25) is 0 Å². The molecule has 1 rings (SSSR count). The van der Waals surface area contributed by atoms with Crippen molar-refractivity contribution in [2.24, 2.45) is 17.6 Å². The molecule has 2 N–H and O–H groups in total. The summed E-state index contributed by atoms with van der Waals surface area (Å²) in [5.74, 6) is 1.71. The first-order valence-corrected chi connectivity index (χ1v) is 5.61. The molecule has 0 bridgehead atoms. The second-order valence-electron chi connectivity index (χ2n) is 4.72. The van der Waals surface area contributed by atoms with Gasteiger partial charge in [-0.1, -0.05) is 27.2 Å². The van der Waals surface area contributed by atoms with E-state index in [0.29, 0.717) is 6.04 Å². The van der Waals surface area contributed by atoms with Crippen molar-refractivity contribution in [3.05, 3.63) is 0 Å². The summed E-state index contributed by atoms with van der Waals surface area (Å²) in [4.78, 5) is 2.52. The summed E-state index contributed by atoms with van der Waals surface area (Å²) in [6, 6.07) is 0.391. The van der Waals surface area contributed by atoms with Crippen LogP contribution in [0.2, 0.25) is 0 Å². The Balaban J connectivity index is 2.23. The van der Waals surface area contributed by atoms with Crippen LogP contribution in [-0.4, -0.2) is 30.6 Å². The molecule has 0 amide bonds. The van der Waals surface area contributed by atoms with Gasteiger partial charge in [0.2, 0.25) is 0 Å². The van der Waals surface area contributed by atoms with Crippen LogP contribution in [0.1, 0.15) is 33.6 Å². The molecule has 2 nitrogen and oxygen atoms in total. The second kappa shape index (κ2) is 4.97. The molecule has 0 aromatic heterocycles. The molecule has 0 radical (unpaired) electrons. The zero-order chi connectivity index (χ0) is 9.84. The number of nitrogens with two attached hydrogens (primary N) is 1. The zero-order valence-electron chi connectivity index (χ0n) is 9.29. The molecule has 0 aromatic rings. The minimum Gasteiger partial charge on any atom is -0.327 e. The summed E-state index contributed by atoms with van der Waals surface area (Å²) in [7, 11) is 0. The summed E-state index contributed by atoms with van der Waals surface area (Å²) < 4.78 is 0. The Kier molecular flexibility index (Phi) is 4.20. The van der Waals surface area contributed by atoms with E-state index in [9.17, 15) is 0 Å². The Bertz CT molecular complexity index is 137. The Morgan fingerprint density at radius 2 is 1.85 bits per heavy atom. The van der Waals surface area contributed by atoms with E-state index < -0.39 is 0 Å². The van der Waals surface area contributed by atoms with Crippen molar-refractivity contribution in [3.8, 4) is 0 Å². The quantitative estimate of drug-likeness (QED) is 0.720. The first kappa shape index (κ1) is 11.0. The summed E-state index contributed by atoms with van der Waals surface area (Å²) in [5, 5.41) is 0. The van der Waals surface area contributed by atoms with Crippen LogP contribution in [0.4, 0.5) is 0 Å². The van der Waals surface area contributed by atoms with Gasteiger partial charge in [-0.2, -0.15) is 0 Å². The third-order valence-electron chi connectivity index (χ3n) is 3.22. The molecule has 1 fully saturated rings. The molecule has 1 heterocycles. The van der Waals surface area contributed by atoms with Crippen molar-refractivity contribution < 1.29 is 0 Å². The van der Waals surface area contributed by atoms with Crippen LogP contribution in [-0.2, 0) is 0 Å². The van der Waals surface area contributed by atoms with Crippen LogP contribution in [0.3, 0.4) is 0 Å². The van der Waals surface area contributed by atoms with Crippen molar-refractivity contribution in [1.29, 1.82) is 0 Å². The van der Waals surface area contributed by atoms with Gasteiger partial charge in [-0.05, 0) is 18.3 Å². The number of nitrogens with zero attached hydrogens (tertiary/aromatic N) is 1. The van der Waals surface area contributed by atoms with Gasteiger partial charge in [0.15, 0.2) is 0 Å². The predicted octanol–water partition coefficient (Wildman–Crippen LogP) is 1.70. The molecule has 0 saturated carbocycles. The Labute approximate surface area is 82.5 Å². The van der Waals surface area contributed by atoms with Gasteiger partial charge in [0.25, 0.3) is 0 Å². The van der Waals surface area contributed by atoms with Gasteiger partial charge in [-0.15, -0.1) is 0 Å². The Morgan fingerprint density at radius 1 is 1.31 bits per heavy atom. The van der Waals surface area contributed by atoms with E-state index in [4.69, 9.17) is 5.73 Å². The van der Waals surface area contributed by atoms with Crippen LogP contribution in [0.5, 0.6) is 0 Å². The highest BCUT2D eigenvalue weighted by molar-refractivity contribution is 4.80. The number of hydrogen-bond donors (Lipinski definition) is 1. The normalized spacial score (nSPS) is 32.3. The second-order valence-corrected chi connectivity index (χ2v) is 4.72. The van der Waals surface area contributed by atoms with Gasteiger partial charge in [-0.25, -0.2) is 0 Å². The maximum absolute atomic E-state index is 6.01. The molecule has 0 aromatic carbocycles. The van der Waals surface area contributed by atoms with Gasteiger partial charge in [0, 0.05) is 25.7 Å². The molecule has 2 heteroatoms. The van der Waals surface area contributed by atoms with E-state index in [1.165, 1.54) is 25.9 Å². The van der Waals surface area contributed by atoms with Gasteiger partial charge in [0.1, 0.15) is 0 Å². The summed E-state index contributed by atoms with van der Waals surface area (Å²) in [5.41, 5.74) is 6.01. The van der Waals surface area contributed by atoms with Crippen LogP contribution in [0, 0.1) is 11.8 Å². The smallest absolute Gasteiger partial charge is 0.0167 e. The average molecular weight is 184 g/mol. The first-order valence-electron chi connectivity index (χ1n) is 5.61. The minimum atomic E-state index is 0.391. The molecule has 1 aliphatic heterocycles. The third kappa shape index (κ3) is 3.28. The van der Waals surface area contributed by atoms with Crippen LogP contribution in [0.25, 0.3) is 0 Å². The molecule has 0 spiro atoms. The lowest BCUT2D eigenvalue weighted by atomic mass is 10.0. The number of rotatable bonds is 4. The highest BCUT2D eigenvalue weighted by atomic mass is 15.2. The highest BCUT2D eigenvalue weighted by Crippen LogP contribution is 2.21. The SMILES string of the molecule is CCCC(N)CN1CC(C)C(C)C1. The van der Waals surface area contributed by atoms with E-state index >= 15 is 0 Å². The summed E-state index contributed by atoms with van der Waals surface area (Å²) >= 11 is 0. The lowest BCUT2D eigenvalue weighted by molar-refractivity contribution is 0.294. The molecular formula is C11H24N2. The fourth-order valence-electron chi connectivity index (χ4n) is 2.19. The fraction of sp³-hybridized carbons (Fsp3) is 1.00. The standard InChI is InChI=1S/C11H24N2/c1-4-5-11(12)8-13-6-9(2)10(3)7-13/h9-11H,4-8,12H2,1-3H3. The van der Waals surface area contributed by atoms with E-state index in [1.54, 1.807) is 0 Å². The van der Waals surface area contributed by atoms with Crippen molar-refractivity contribution in [3.63, 3.8) is 0 Å². The molecule has 3 atom stereocenters. The largest absolute Gasteiger partial charge is 0.327 e. The van der Waals surface area contributed by atoms with Crippen LogP contribution in [0.15, 0.2) is 0 Å². The number of likely N-dealkylation sites (tertiary alicyclic amines) is 1. The van der Waals surface area contributed by atoms with Crippen molar-refractivity contribution in [1.82, 2.24) is 4.90 Å². The molecule has 1 aliphatic rings. The van der Waals surface area contributed by atoms with Gasteiger partial charge in [0.05, 0.1) is 0 Å². The van der Waals surface area contributed by atoms with Gasteiger partial charge < -0.3 is 10.6 Å². The minimum absolute atomic E-state index is 0.391. The van der Waals surface area contributed by atoms with Crippen molar-refractivity contribution >= 4 is 0 Å². The van der Waals surface area contributed by atoms with E-state index in [-0.39, 0.29) is 0 Å². The number of hydrogen-bond acceptors (Lipinski definition) is 2. The molecular weight excluding hydrogens is 160 g/mol. The maximum Gasteiger partial charge on any atom is 0.0167 e. The summed E-state index contributed by atoms with van der Waals surface area (Å²) in [6.45, 7) is 10.5. The van der Waals surface area contributed by atoms with Crippen LogP contribution < -0.4 is 5.73 Å². The van der Waals surface area contributed by atoms with E-state index in [2.05, 4.69) is 25.7 Å². The van der Waals surface area contributed by atoms with Crippen LogP contribution >= 0.6 is 0 Å². The highest BCUT2D eigenvalue weighted by Gasteiger charge is 2.26. The molecule has 3 unspecified atom stereocenters. The molecule has 0 aliphatic carbocycles. The van der Waals surface area contributed by atoms with Crippen molar-refractivity contribution in [2.45, 2.75) is 39.7 Å². The summed E-state index contributed by atoms with van der Waals surface area (Å²) in [6.07, 6.45) is 2.37. The third-order valence-corrected chi connectivity index (χ3v) is 3.22. The molecule has 13 heavy (non-hydrogen) atoms. The molecule has 1 saturated heterocycles. The van der Waals surface area contributed by atoms with Gasteiger partial charge >= 0.3 is 0 Å². The topological polar surface area (TPSA) is 29.3 Å².